The number of aryl methyl sites for hydroxylation is 2. The molecule has 2 N–H and O–H groups in total. The molecular formula is C16H19NO3S. The molecule has 0 atom stereocenters. The fraction of sp³-hybridized carbons (Fsp3) is 0.250. The fourth-order valence-electron chi connectivity index (χ4n) is 1.96. The number of rotatable bonds is 5. The maximum Gasteiger partial charge on any atom is 0.240 e. The summed E-state index contributed by atoms with van der Waals surface area (Å²) in [5.74, 6) is 0.203. The van der Waals surface area contributed by atoms with Crippen molar-refractivity contribution in [2.24, 2.45) is 0 Å². The molecule has 0 spiro atoms. The third-order valence-electron chi connectivity index (χ3n) is 3.43. The zero-order chi connectivity index (χ0) is 15.5. The molecule has 0 saturated carbocycles. The summed E-state index contributed by atoms with van der Waals surface area (Å²) in [6, 6.07) is 11.8. The normalized spacial score (nSPS) is 11.5. The van der Waals surface area contributed by atoms with Gasteiger partial charge in [0.25, 0.3) is 0 Å². The van der Waals surface area contributed by atoms with E-state index in [4.69, 9.17) is 0 Å². The van der Waals surface area contributed by atoms with Crippen LogP contribution in [-0.2, 0) is 16.4 Å². The second-order valence-electron chi connectivity index (χ2n) is 5.06. The van der Waals surface area contributed by atoms with Gasteiger partial charge in [-0.25, -0.2) is 13.1 Å². The molecule has 0 amide bonds. The van der Waals surface area contributed by atoms with Gasteiger partial charge in [0.15, 0.2) is 0 Å². The minimum absolute atomic E-state index is 0.203. The summed E-state index contributed by atoms with van der Waals surface area (Å²) in [5.41, 5.74) is 2.99. The van der Waals surface area contributed by atoms with Gasteiger partial charge >= 0.3 is 0 Å². The van der Waals surface area contributed by atoms with Crippen LogP contribution in [0.5, 0.6) is 5.75 Å². The van der Waals surface area contributed by atoms with Crippen molar-refractivity contribution in [2.75, 3.05) is 6.54 Å². The zero-order valence-electron chi connectivity index (χ0n) is 12.1. The number of nitrogens with one attached hydrogen (secondary N) is 1. The molecule has 112 valence electrons. The Bertz CT molecular complexity index is 722. The average molecular weight is 305 g/mol. The smallest absolute Gasteiger partial charge is 0.240 e. The van der Waals surface area contributed by atoms with Crippen LogP contribution in [0.2, 0.25) is 0 Å². The highest BCUT2D eigenvalue weighted by atomic mass is 32.2. The van der Waals surface area contributed by atoms with Crippen molar-refractivity contribution in [1.29, 1.82) is 0 Å². The topological polar surface area (TPSA) is 66.4 Å². The summed E-state index contributed by atoms with van der Waals surface area (Å²) in [6.07, 6.45) is 0.574. The summed E-state index contributed by atoms with van der Waals surface area (Å²) in [5, 5.41) is 9.20. The van der Waals surface area contributed by atoms with Crippen molar-refractivity contribution in [2.45, 2.75) is 25.2 Å². The van der Waals surface area contributed by atoms with Crippen LogP contribution in [0.15, 0.2) is 47.4 Å². The van der Waals surface area contributed by atoms with Crippen LogP contribution in [0.4, 0.5) is 0 Å². The zero-order valence-corrected chi connectivity index (χ0v) is 12.9. The van der Waals surface area contributed by atoms with E-state index in [1.54, 1.807) is 36.4 Å². The maximum atomic E-state index is 12.2. The lowest BCUT2D eigenvalue weighted by atomic mass is 10.1. The molecule has 0 aliphatic heterocycles. The van der Waals surface area contributed by atoms with E-state index < -0.39 is 10.0 Å². The number of phenols is 1. The van der Waals surface area contributed by atoms with Crippen LogP contribution in [0.3, 0.4) is 0 Å². The van der Waals surface area contributed by atoms with Crippen molar-refractivity contribution in [3.8, 4) is 5.75 Å². The van der Waals surface area contributed by atoms with Gasteiger partial charge in [0, 0.05) is 6.54 Å². The van der Waals surface area contributed by atoms with Gasteiger partial charge in [0.1, 0.15) is 5.75 Å². The lowest BCUT2D eigenvalue weighted by Gasteiger charge is -2.09. The Morgan fingerprint density at radius 3 is 2.29 bits per heavy atom. The lowest BCUT2D eigenvalue weighted by Crippen LogP contribution is -2.26. The summed E-state index contributed by atoms with van der Waals surface area (Å²) in [7, 11) is -3.48. The molecule has 0 saturated heterocycles. The van der Waals surface area contributed by atoms with Gasteiger partial charge in [-0.05, 0) is 61.2 Å². The SMILES string of the molecule is Cc1ccc(S(=O)(=O)NCCc2ccc(O)cc2)cc1C. The molecule has 0 unspecified atom stereocenters. The van der Waals surface area contributed by atoms with Crippen LogP contribution in [0.25, 0.3) is 0 Å². The van der Waals surface area contributed by atoms with Gasteiger partial charge in [-0.1, -0.05) is 18.2 Å². The Kier molecular flexibility index (Phi) is 4.65. The fourth-order valence-corrected chi connectivity index (χ4v) is 3.07. The molecule has 2 aromatic carbocycles. The molecule has 0 fully saturated rings. The van der Waals surface area contributed by atoms with Crippen LogP contribution in [-0.4, -0.2) is 20.1 Å². The van der Waals surface area contributed by atoms with Crippen LogP contribution >= 0.6 is 0 Å². The van der Waals surface area contributed by atoms with Gasteiger partial charge in [0.05, 0.1) is 4.90 Å². The number of hydrogen-bond acceptors (Lipinski definition) is 3. The number of aromatic hydroxyl groups is 1. The first-order valence-electron chi connectivity index (χ1n) is 6.73. The molecule has 0 radical (unpaired) electrons. The molecule has 5 heteroatoms. The molecular weight excluding hydrogens is 286 g/mol. The van der Waals surface area contributed by atoms with E-state index in [0.717, 1.165) is 16.7 Å². The molecule has 0 heterocycles. The molecule has 4 nitrogen and oxygen atoms in total. The molecule has 0 aliphatic carbocycles. The van der Waals surface area contributed by atoms with Gasteiger partial charge in [-0.15, -0.1) is 0 Å². The largest absolute Gasteiger partial charge is 0.508 e. The van der Waals surface area contributed by atoms with Crippen molar-refractivity contribution in [3.63, 3.8) is 0 Å². The van der Waals surface area contributed by atoms with E-state index in [0.29, 0.717) is 13.0 Å². The Morgan fingerprint density at radius 2 is 1.67 bits per heavy atom. The van der Waals surface area contributed by atoms with E-state index in [9.17, 15) is 13.5 Å². The second kappa shape index (κ2) is 6.28. The molecule has 2 rings (SSSR count). The monoisotopic (exact) mass is 305 g/mol. The predicted molar refractivity (Wildman–Crippen MR) is 82.9 cm³/mol. The highest BCUT2D eigenvalue weighted by molar-refractivity contribution is 7.89. The van der Waals surface area contributed by atoms with Gasteiger partial charge in [0.2, 0.25) is 10.0 Å². The Labute approximate surface area is 125 Å². The summed E-state index contributed by atoms with van der Waals surface area (Å²) in [4.78, 5) is 0.288. The van der Waals surface area contributed by atoms with Gasteiger partial charge < -0.3 is 5.11 Å². The number of phenolic OH excluding ortho intramolecular Hbond substituents is 1. The first-order valence-corrected chi connectivity index (χ1v) is 8.21. The first kappa shape index (κ1) is 15.5. The third kappa shape index (κ3) is 4.06. The minimum Gasteiger partial charge on any atom is -0.508 e. The Hall–Kier alpha value is -1.85. The lowest BCUT2D eigenvalue weighted by molar-refractivity contribution is 0.475. The van der Waals surface area contributed by atoms with Crippen LogP contribution in [0, 0.1) is 13.8 Å². The summed E-state index contributed by atoms with van der Waals surface area (Å²) in [6.45, 7) is 4.16. The van der Waals surface area contributed by atoms with E-state index >= 15 is 0 Å². The van der Waals surface area contributed by atoms with E-state index in [-0.39, 0.29) is 10.6 Å². The van der Waals surface area contributed by atoms with Crippen LogP contribution in [0.1, 0.15) is 16.7 Å². The molecule has 0 aromatic heterocycles. The van der Waals surface area contributed by atoms with Crippen molar-refractivity contribution < 1.29 is 13.5 Å². The quantitative estimate of drug-likeness (QED) is 0.892. The number of hydrogen-bond donors (Lipinski definition) is 2. The second-order valence-corrected chi connectivity index (χ2v) is 6.83. The highest BCUT2D eigenvalue weighted by Crippen LogP contribution is 2.15. The Morgan fingerprint density at radius 1 is 1.00 bits per heavy atom. The van der Waals surface area contributed by atoms with Crippen molar-refractivity contribution in [1.82, 2.24) is 4.72 Å². The molecule has 2 aromatic rings. The molecule has 0 aliphatic rings. The highest BCUT2D eigenvalue weighted by Gasteiger charge is 2.13. The van der Waals surface area contributed by atoms with E-state index in [1.807, 2.05) is 19.9 Å². The standard InChI is InChI=1S/C16H19NO3S/c1-12-3-8-16(11-13(12)2)21(19,20)17-10-9-14-4-6-15(18)7-5-14/h3-8,11,17-18H,9-10H2,1-2H3. The van der Waals surface area contributed by atoms with E-state index in [1.165, 1.54) is 0 Å². The number of sulfonamides is 1. The molecule has 0 bridgehead atoms. The number of benzene rings is 2. The van der Waals surface area contributed by atoms with Crippen molar-refractivity contribution in [3.05, 3.63) is 59.2 Å². The first-order chi connectivity index (χ1) is 9.88. The Balaban J connectivity index is 2.01. The maximum absolute atomic E-state index is 12.2. The van der Waals surface area contributed by atoms with Crippen molar-refractivity contribution >= 4 is 10.0 Å². The van der Waals surface area contributed by atoms with E-state index in [2.05, 4.69) is 4.72 Å². The average Bonchev–Trinajstić information content (AvgIpc) is 2.44. The van der Waals surface area contributed by atoms with Gasteiger partial charge in [-0.3, -0.25) is 0 Å². The van der Waals surface area contributed by atoms with Crippen LogP contribution < -0.4 is 4.72 Å². The molecule has 21 heavy (non-hydrogen) atoms. The minimum atomic E-state index is -3.48. The third-order valence-corrected chi connectivity index (χ3v) is 4.89. The predicted octanol–water partition coefficient (Wildman–Crippen LogP) is 2.53. The van der Waals surface area contributed by atoms with Gasteiger partial charge in [-0.2, -0.15) is 0 Å². The summed E-state index contributed by atoms with van der Waals surface area (Å²) < 4.78 is 27.0. The summed E-state index contributed by atoms with van der Waals surface area (Å²) >= 11 is 0.